The highest BCUT2D eigenvalue weighted by atomic mass is 16.2. The molecule has 4 heterocycles. The summed E-state index contributed by atoms with van der Waals surface area (Å²) >= 11 is 0. The molecule has 3 aromatic carbocycles. The van der Waals surface area contributed by atoms with Gasteiger partial charge >= 0.3 is 0 Å². The van der Waals surface area contributed by atoms with Gasteiger partial charge < -0.3 is 10.3 Å². The Labute approximate surface area is 218 Å². The van der Waals surface area contributed by atoms with E-state index in [1.165, 1.54) is 11.8 Å². The van der Waals surface area contributed by atoms with Crippen molar-refractivity contribution in [2.75, 3.05) is 10.2 Å². The minimum Gasteiger partial charge on any atom is -0.361 e. The Morgan fingerprint density at radius 1 is 0.921 bits per heavy atom. The minimum absolute atomic E-state index is 0.103. The second kappa shape index (κ2) is 7.97. The van der Waals surface area contributed by atoms with E-state index in [1.807, 2.05) is 54.7 Å². The highest BCUT2D eigenvalue weighted by Gasteiger charge is 2.70. The molecule has 3 aliphatic heterocycles. The van der Waals surface area contributed by atoms with Gasteiger partial charge in [0.05, 0.1) is 17.5 Å². The maximum absolute atomic E-state index is 14.1. The van der Waals surface area contributed by atoms with E-state index in [-0.39, 0.29) is 17.6 Å². The predicted molar refractivity (Wildman–Crippen MR) is 142 cm³/mol. The molecular weight excluding hydrogens is 480 g/mol. The molecule has 0 radical (unpaired) electrons. The molecule has 2 fully saturated rings. The highest BCUT2D eigenvalue weighted by molar-refractivity contribution is 6.26. The second-order valence-electron chi connectivity index (χ2n) is 10.2. The molecule has 1 aromatic heterocycles. The Hall–Kier alpha value is -4.56. The first kappa shape index (κ1) is 22.6. The number of hydrogen-bond donors (Lipinski definition) is 3. The summed E-state index contributed by atoms with van der Waals surface area (Å²) in [6, 6.07) is 21.2. The van der Waals surface area contributed by atoms with Gasteiger partial charge in [-0.1, -0.05) is 36.4 Å². The van der Waals surface area contributed by atoms with Crippen LogP contribution < -0.4 is 15.5 Å². The van der Waals surface area contributed by atoms with Crippen LogP contribution in [0.3, 0.4) is 0 Å². The molecule has 0 saturated carbocycles. The van der Waals surface area contributed by atoms with E-state index in [9.17, 15) is 19.2 Å². The van der Waals surface area contributed by atoms with E-state index in [0.29, 0.717) is 28.9 Å². The third-order valence-electron chi connectivity index (χ3n) is 8.27. The van der Waals surface area contributed by atoms with Crippen LogP contribution >= 0.6 is 0 Å². The molecule has 0 bridgehead atoms. The molecule has 4 aromatic rings. The zero-order valence-corrected chi connectivity index (χ0v) is 20.5. The van der Waals surface area contributed by atoms with E-state index in [1.54, 1.807) is 24.3 Å². The molecule has 8 heteroatoms. The van der Waals surface area contributed by atoms with Crippen LogP contribution in [0.15, 0.2) is 79.0 Å². The van der Waals surface area contributed by atoms with Crippen LogP contribution in [0.5, 0.6) is 0 Å². The van der Waals surface area contributed by atoms with Crippen molar-refractivity contribution in [3.63, 3.8) is 0 Å². The van der Waals surface area contributed by atoms with Crippen molar-refractivity contribution in [3.05, 3.63) is 95.7 Å². The summed E-state index contributed by atoms with van der Waals surface area (Å²) in [5.74, 6) is -2.86. The fourth-order valence-electron chi connectivity index (χ4n) is 6.57. The Bertz CT molecular complexity index is 1670. The van der Waals surface area contributed by atoms with Gasteiger partial charge in [-0.3, -0.25) is 24.5 Å². The van der Waals surface area contributed by atoms with Crippen LogP contribution in [0.4, 0.5) is 11.4 Å². The lowest BCUT2D eigenvalue weighted by Gasteiger charge is -2.29. The van der Waals surface area contributed by atoms with E-state index >= 15 is 0 Å². The maximum Gasteiger partial charge on any atom is 0.250 e. The van der Waals surface area contributed by atoms with Gasteiger partial charge in [-0.15, -0.1) is 0 Å². The number of H-pyrrole nitrogens is 1. The van der Waals surface area contributed by atoms with Crippen LogP contribution in [0.25, 0.3) is 10.9 Å². The number of nitrogens with zero attached hydrogens (tertiary/aromatic N) is 1. The first-order chi connectivity index (χ1) is 18.4. The average molecular weight is 505 g/mol. The zero-order valence-electron chi connectivity index (χ0n) is 20.5. The zero-order chi connectivity index (χ0) is 26.2. The predicted octanol–water partition coefficient (Wildman–Crippen LogP) is 3.54. The number of para-hydroxylation sites is 2. The van der Waals surface area contributed by atoms with Gasteiger partial charge in [-0.2, -0.15) is 0 Å². The van der Waals surface area contributed by atoms with Crippen molar-refractivity contribution in [2.45, 2.75) is 24.9 Å². The van der Waals surface area contributed by atoms with Gasteiger partial charge in [0.1, 0.15) is 5.54 Å². The standard InChI is InChI=1S/C30H24N4O4/c1-16(35)17-10-12-19(13-11-17)34-27(36)25-24(14-18-15-31-22-8-4-2-6-20(18)22)33-30(26(25)28(34)37)21-7-3-5-9-23(21)32-29(30)38/h2-13,15,24-26,31,33H,14H2,1H3,(H,32,38)/t24-,25-,26+,30+/m1/s1. The van der Waals surface area contributed by atoms with Crippen LogP contribution in [-0.2, 0) is 26.3 Å². The molecule has 3 N–H and O–H groups in total. The van der Waals surface area contributed by atoms with Crippen molar-refractivity contribution in [3.8, 4) is 0 Å². The Kier molecular flexibility index (Phi) is 4.74. The van der Waals surface area contributed by atoms with Gasteiger partial charge in [0.25, 0.3) is 0 Å². The van der Waals surface area contributed by atoms with Gasteiger partial charge in [-0.05, 0) is 55.3 Å². The number of fused-ring (bicyclic) bond motifs is 5. The summed E-state index contributed by atoms with van der Waals surface area (Å²) in [7, 11) is 0. The van der Waals surface area contributed by atoms with E-state index in [0.717, 1.165) is 16.5 Å². The summed E-state index contributed by atoms with van der Waals surface area (Å²) < 4.78 is 0. The summed E-state index contributed by atoms with van der Waals surface area (Å²) in [4.78, 5) is 58.1. The van der Waals surface area contributed by atoms with Crippen molar-refractivity contribution in [1.29, 1.82) is 0 Å². The monoisotopic (exact) mass is 504 g/mol. The number of hydrogen-bond acceptors (Lipinski definition) is 5. The van der Waals surface area contributed by atoms with Crippen LogP contribution in [0.1, 0.15) is 28.4 Å². The normalized spacial score (nSPS) is 25.8. The number of ketones is 1. The number of rotatable bonds is 4. The fourth-order valence-corrected chi connectivity index (χ4v) is 6.57. The second-order valence-corrected chi connectivity index (χ2v) is 10.2. The molecule has 3 aliphatic rings. The van der Waals surface area contributed by atoms with Crippen LogP contribution in [-0.4, -0.2) is 34.5 Å². The number of aromatic amines is 1. The quantitative estimate of drug-likeness (QED) is 0.291. The molecule has 0 aliphatic carbocycles. The van der Waals surface area contributed by atoms with Crippen LogP contribution in [0, 0.1) is 11.8 Å². The van der Waals surface area contributed by atoms with Gasteiger partial charge in [0, 0.05) is 40.0 Å². The number of carbonyl (C=O) groups excluding carboxylic acids is 4. The Morgan fingerprint density at radius 2 is 1.66 bits per heavy atom. The summed E-state index contributed by atoms with van der Waals surface area (Å²) in [5.41, 5.74) is 2.83. The molecule has 2 saturated heterocycles. The number of benzene rings is 3. The summed E-state index contributed by atoms with van der Waals surface area (Å²) in [6.45, 7) is 1.46. The van der Waals surface area contributed by atoms with Crippen molar-refractivity contribution in [1.82, 2.24) is 10.3 Å². The SMILES string of the molecule is CC(=O)c1ccc(N2C(=O)[C@H]3[C@@H](C2=O)[C@]2(N[C@@H]3Cc3c[nH]c4ccccc34)C(=O)Nc3ccccc32)cc1. The molecule has 7 rings (SSSR count). The maximum atomic E-state index is 14.1. The lowest BCUT2D eigenvalue weighted by atomic mass is 9.76. The third kappa shape index (κ3) is 2.95. The van der Waals surface area contributed by atoms with Crippen molar-refractivity contribution in [2.24, 2.45) is 11.8 Å². The Morgan fingerprint density at radius 3 is 2.45 bits per heavy atom. The lowest BCUT2D eigenvalue weighted by molar-refractivity contribution is -0.130. The van der Waals surface area contributed by atoms with E-state index in [2.05, 4.69) is 15.6 Å². The molecule has 8 nitrogen and oxygen atoms in total. The van der Waals surface area contributed by atoms with Gasteiger partial charge in [0.15, 0.2) is 5.78 Å². The number of imide groups is 1. The van der Waals surface area contributed by atoms with Gasteiger partial charge in [-0.25, -0.2) is 4.90 Å². The van der Waals surface area contributed by atoms with E-state index in [4.69, 9.17) is 0 Å². The summed E-state index contributed by atoms with van der Waals surface area (Å²) in [5, 5.41) is 7.47. The Balaban J connectivity index is 1.35. The molecule has 3 amide bonds. The highest BCUT2D eigenvalue weighted by Crippen LogP contribution is 2.54. The van der Waals surface area contributed by atoms with Crippen molar-refractivity contribution >= 4 is 45.8 Å². The van der Waals surface area contributed by atoms with Gasteiger partial charge in [0.2, 0.25) is 17.7 Å². The number of Topliss-reactive ketones (excluding diaryl/α,β-unsaturated/α-hetero) is 1. The number of anilines is 2. The average Bonchev–Trinajstić information content (AvgIpc) is 3.63. The fraction of sp³-hybridized carbons (Fsp3) is 0.200. The number of nitrogens with one attached hydrogen (secondary N) is 3. The molecular formula is C30H24N4O4. The molecule has 0 unspecified atom stereocenters. The summed E-state index contributed by atoms with van der Waals surface area (Å²) in [6.07, 6.45) is 2.38. The molecule has 1 spiro atoms. The smallest absolute Gasteiger partial charge is 0.250 e. The largest absolute Gasteiger partial charge is 0.361 e. The van der Waals surface area contributed by atoms with Crippen LogP contribution in [0.2, 0.25) is 0 Å². The topological polar surface area (TPSA) is 111 Å². The minimum atomic E-state index is -1.36. The molecule has 188 valence electrons. The lowest BCUT2D eigenvalue weighted by Crippen LogP contribution is -2.53. The molecule has 38 heavy (non-hydrogen) atoms. The first-order valence-corrected chi connectivity index (χ1v) is 12.6. The van der Waals surface area contributed by atoms with E-state index < -0.39 is 29.3 Å². The number of aromatic nitrogens is 1. The molecule has 4 atom stereocenters. The number of amides is 3. The third-order valence-corrected chi connectivity index (χ3v) is 8.27. The first-order valence-electron chi connectivity index (χ1n) is 12.6. The van der Waals surface area contributed by atoms with Crippen molar-refractivity contribution < 1.29 is 19.2 Å². The number of carbonyl (C=O) groups is 4.